The highest BCUT2D eigenvalue weighted by atomic mass is 35.5. The molecule has 0 spiro atoms. The minimum absolute atomic E-state index is 0.0758. The quantitative estimate of drug-likeness (QED) is 0.702. The van der Waals surface area contributed by atoms with Crippen molar-refractivity contribution in [3.8, 4) is 0 Å². The number of aliphatic hydroxyl groups is 1. The molecule has 1 aromatic heterocycles. The molecule has 1 amide bonds. The molecule has 0 saturated carbocycles. The number of aliphatic hydroxyl groups excluding tert-OH is 1. The molecule has 6 nitrogen and oxygen atoms in total. The Kier molecular flexibility index (Phi) is 6.94. The number of carbonyl (C=O) groups excluding carboxylic acids is 1. The number of pyridine rings is 1. The first-order chi connectivity index (χ1) is 15.4. The van der Waals surface area contributed by atoms with Crippen molar-refractivity contribution in [2.24, 2.45) is 11.7 Å². The van der Waals surface area contributed by atoms with Crippen molar-refractivity contribution < 1.29 is 9.90 Å². The lowest BCUT2D eigenvalue weighted by Gasteiger charge is -2.45. The number of halogens is 1. The lowest BCUT2D eigenvalue weighted by Crippen LogP contribution is -2.49. The molecule has 7 heteroatoms. The number of hydrogen-bond donors (Lipinski definition) is 2. The van der Waals surface area contributed by atoms with Gasteiger partial charge >= 0.3 is 0 Å². The van der Waals surface area contributed by atoms with Crippen LogP contribution in [0.4, 0.5) is 0 Å². The predicted molar refractivity (Wildman–Crippen MR) is 126 cm³/mol. The van der Waals surface area contributed by atoms with Crippen molar-refractivity contribution in [2.75, 3.05) is 26.2 Å². The molecule has 3 N–H and O–H groups in total. The average Bonchev–Trinajstić information content (AvgIpc) is 2.80. The van der Waals surface area contributed by atoms with Gasteiger partial charge in [-0.2, -0.15) is 0 Å². The summed E-state index contributed by atoms with van der Waals surface area (Å²) >= 11 is 6.60. The SMILES string of the molecule is Cc1ccc(C(O)CN2CCN(C3=CCC(C(N)=O)C=C3Cl)[C@H](c3ccccc3)C2)cn1. The van der Waals surface area contributed by atoms with Gasteiger partial charge in [0.15, 0.2) is 0 Å². The van der Waals surface area contributed by atoms with Crippen LogP contribution in [0.3, 0.4) is 0 Å². The van der Waals surface area contributed by atoms with Crippen LogP contribution in [0.2, 0.25) is 0 Å². The Labute approximate surface area is 194 Å². The third kappa shape index (κ3) is 5.04. The molecule has 2 heterocycles. The topological polar surface area (TPSA) is 82.7 Å². The summed E-state index contributed by atoms with van der Waals surface area (Å²) in [6.45, 7) is 4.77. The zero-order chi connectivity index (χ0) is 22.7. The van der Waals surface area contributed by atoms with Crippen LogP contribution >= 0.6 is 11.6 Å². The Balaban J connectivity index is 1.53. The number of aryl methyl sites for hydroxylation is 1. The molecule has 1 saturated heterocycles. The van der Waals surface area contributed by atoms with Crippen LogP contribution in [0.1, 0.15) is 35.4 Å². The van der Waals surface area contributed by atoms with Crippen LogP contribution < -0.4 is 5.73 Å². The van der Waals surface area contributed by atoms with E-state index in [0.717, 1.165) is 36.6 Å². The molecule has 2 aromatic rings. The summed E-state index contributed by atoms with van der Waals surface area (Å²) in [6, 6.07) is 14.3. The lowest BCUT2D eigenvalue weighted by atomic mass is 9.95. The van der Waals surface area contributed by atoms with Crippen LogP contribution in [0, 0.1) is 12.8 Å². The third-order valence-electron chi connectivity index (χ3n) is 6.23. The van der Waals surface area contributed by atoms with Gasteiger partial charge in [-0.3, -0.25) is 14.7 Å². The van der Waals surface area contributed by atoms with Gasteiger partial charge in [-0.15, -0.1) is 0 Å². The number of benzene rings is 1. The van der Waals surface area contributed by atoms with Gasteiger partial charge < -0.3 is 15.7 Å². The number of β-amino-alcohol motifs (C(OH)–C–C–N with tert-alkyl or cyclic N) is 1. The van der Waals surface area contributed by atoms with Gasteiger partial charge in [0.25, 0.3) is 0 Å². The van der Waals surface area contributed by atoms with Gasteiger partial charge in [-0.1, -0.05) is 60.2 Å². The van der Waals surface area contributed by atoms with Crippen molar-refractivity contribution in [3.63, 3.8) is 0 Å². The summed E-state index contributed by atoms with van der Waals surface area (Å²) in [5, 5.41) is 11.3. The second-order valence-electron chi connectivity index (χ2n) is 8.48. The van der Waals surface area contributed by atoms with Crippen molar-refractivity contribution in [2.45, 2.75) is 25.5 Å². The van der Waals surface area contributed by atoms with E-state index in [9.17, 15) is 9.90 Å². The molecule has 0 radical (unpaired) electrons. The molecule has 1 aliphatic carbocycles. The Morgan fingerprint density at radius 3 is 2.69 bits per heavy atom. The van der Waals surface area contributed by atoms with Gasteiger partial charge in [0, 0.05) is 43.6 Å². The largest absolute Gasteiger partial charge is 0.387 e. The number of hydrogen-bond acceptors (Lipinski definition) is 5. The monoisotopic (exact) mass is 452 g/mol. The smallest absolute Gasteiger partial charge is 0.224 e. The number of carbonyl (C=O) groups is 1. The first-order valence-corrected chi connectivity index (χ1v) is 11.3. The van der Waals surface area contributed by atoms with Crippen LogP contribution in [0.25, 0.3) is 0 Å². The first kappa shape index (κ1) is 22.5. The fraction of sp³-hybridized carbons (Fsp3) is 0.360. The highest BCUT2D eigenvalue weighted by Crippen LogP contribution is 2.36. The fourth-order valence-electron chi connectivity index (χ4n) is 4.40. The number of allylic oxidation sites excluding steroid dienone is 2. The van der Waals surface area contributed by atoms with E-state index in [-0.39, 0.29) is 17.9 Å². The van der Waals surface area contributed by atoms with E-state index in [1.54, 1.807) is 12.3 Å². The Bertz CT molecular complexity index is 1010. The van der Waals surface area contributed by atoms with Gasteiger partial charge in [0.05, 0.1) is 28.8 Å². The highest BCUT2D eigenvalue weighted by Gasteiger charge is 2.33. The molecule has 168 valence electrons. The van der Waals surface area contributed by atoms with Gasteiger partial charge in [-0.25, -0.2) is 0 Å². The van der Waals surface area contributed by atoms with Crippen LogP contribution in [0.15, 0.2) is 71.5 Å². The van der Waals surface area contributed by atoms with Gasteiger partial charge in [0.2, 0.25) is 5.91 Å². The van der Waals surface area contributed by atoms with Crippen molar-refractivity contribution >= 4 is 17.5 Å². The van der Waals surface area contributed by atoms with Crippen LogP contribution in [-0.2, 0) is 4.79 Å². The lowest BCUT2D eigenvalue weighted by molar-refractivity contribution is -0.120. The number of aromatic nitrogens is 1. The zero-order valence-electron chi connectivity index (χ0n) is 18.2. The second kappa shape index (κ2) is 9.86. The van der Waals surface area contributed by atoms with Crippen LogP contribution in [0.5, 0.6) is 0 Å². The number of nitrogens with zero attached hydrogens (tertiary/aromatic N) is 3. The van der Waals surface area contributed by atoms with Gasteiger partial charge in [0.1, 0.15) is 0 Å². The molecule has 4 rings (SSSR count). The van der Waals surface area contributed by atoms with Crippen molar-refractivity contribution in [3.05, 3.63) is 88.4 Å². The molecule has 1 fully saturated rings. The maximum atomic E-state index is 11.6. The van der Waals surface area contributed by atoms with E-state index in [1.807, 2.05) is 43.3 Å². The van der Waals surface area contributed by atoms with E-state index >= 15 is 0 Å². The van der Waals surface area contributed by atoms with E-state index in [2.05, 4.69) is 26.9 Å². The predicted octanol–water partition coefficient (Wildman–Crippen LogP) is 3.29. The highest BCUT2D eigenvalue weighted by molar-refractivity contribution is 6.32. The second-order valence-corrected chi connectivity index (χ2v) is 8.88. The van der Waals surface area contributed by atoms with Crippen molar-refractivity contribution in [1.29, 1.82) is 0 Å². The van der Waals surface area contributed by atoms with Crippen LogP contribution in [-0.4, -0.2) is 52.0 Å². The number of primary amides is 1. The molecular formula is C25H29ClN4O2. The standard InChI is InChI=1S/C25H29ClN4O2/c1-17-7-8-20(14-28-17)24(31)16-29-11-12-30(23(15-29)18-5-3-2-4-6-18)22-10-9-19(25(27)32)13-21(22)26/h2-8,10,13-14,19,23-24,31H,9,11-12,15-16H2,1H3,(H2,27,32)/t19?,23-,24?/m0/s1. The van der Waals surface area contributed by atoms with Crippen molar-refractivity contribution in [1.82, 2.24) is 14.8 Å². The molecule has 0 bridgehead atoms. The minimum Gasteiger partial charge on any atom is -0.387 e. The molecule has 2 unspecified atom stereocenters. The Morgan fingerprint density at radius 2 is 2.03 bits per heavy atom. The normalized spacial score (nSPS) is 22.8. The van der Waals surface area contributed by atoms with E-state index in [4.69, 9.17) is 17.3 Å². The number of rotatable bonds is 6. The summed E-state index contributed by atoms with van der Waals surface area (Å²) in [5.74, 6) is -0.719. The number of piperazine rings is 1. The number of amides is 1. The minimum atomic E-state index is -0.597. The van der Waals surface area contributed by atoms with E-state index in [1.165, 1.54) is 5.56 Å². The summed E-state index contributed by atoms with van der Waals surface area (Å²) < 4.78 is 0. The summed E-state index contributed by atoms with van der Waals surface area (Å²) in [6.07, 6.45) is 5.50. The molecule has 1 aliphatic heterocycles. The van der Waals surface area contributed by atoms with E-state index < -0.39 is 6.10 Å². The van der Waals surface area contributed by atoms with E-state index in [0.29, 0.717) is 18.0 Å². The Hall–Kier alpha value is -2.67. The average molecular weight is 453 g/mol. The fourth-order valence-corrected chi connectivity index (χ4v) is 4.74. The summed E-state index contributed by atoms with van der Waals surface area (Å²) in [5.41, 5.74) is 9.36. The molecule has 1 aromatic carbocycles. The zero-order valence-corrected chi connectivity index (χ0v) is 18.9. The summed E-state index contributed by atoms with van der Waals surface area (Å²) in [7, 11) is 0. The first-order valence-electron chi connectivity index (χ1n) is 10.9. The summed E-state index contributed by atoms with van der Waals surface area (Å²) in [4.78, 5) is 20.5. The molecule has 3 atom stereocenters. The van der Waals surface area contributed by atoms with Gasteiger partial charge in [-0.05, 0) is 25.0 Å². The third-order valence-corrected chi connectivity index (χ3v) is 6.55. The maximum Gasteiger partial charge on any atom is 0.224 e. The Morgan fingerprint density at radius 1 is 1.25 bits per heavy atom. The molecule has 32 heavy (non-hydrogen) atoms. The maximum absolute atomic E-state index is 11.6. The molecule has 2 aliphatic rings. The number of nitrogens with two attached hydrogens (primary N) is 1. The molecular weight excluding hydrogens is 424 g/mol.